The summed E-state index contributed by atoms with van der Waals surface area (Å²) in [5.74, 6) is -1.38. The first-order chi connectivity index (χ1) is 10.4. The Kier molecular flexibility index (Phi) is 5.03. The van der Waals surface area contributed by atoms with Gasteiger partial charge in [-0.1, -0.05) is 19.3 Å². The number of likely N-dealkylation sites (tertiary alicyclic amines) is 1. The van der Waals surface area contributed by atoms with Gasteiger partial charge in [-0.05, 0) is 24.7 Å². The molecule has 2 fully saturated rings. The van der Waals surface area contributed by atoms with Crippen LogP contribution in [0.4, 0.5) is 8.78 Å². The van der Waals surface area contributed by atoms with E-state index in [2.05, 4.69) is 0 Å². The van der Waals surface area contributed by atoms with Crippen molar-refractivity contribution in [2.45, 2.75) is 37.4 Å². The summed E-state index contributed by atoms with van der Waals surface area (Å²) in [6, 6.07) is 0. The number of fused-ring (bicyclic) bond motifs is 1. The van der Waals surface area contributed by atoms with Gasteiger partial charge in [0.2, 0.25) is 10.0 Å². The van der Waals surface area contributed by atoms with Crippen molar-refractivity contribution in [2.24, 2.45) is 11.8 Å². The van der Waals surface area contributed by atoms with Gasteiger partial charge in [0.25, 0.3) is 10.0 Å². The van der Waals surface area contributed by atoms with Crippen LogP contribution in [0.15, 0.2) is 0 Å². The second kappa shape index (κ2) is 6.25. The SMILES string of the molecule is CS(=O)(=O)NS(=O)(=O)C(F)(F)C(=O)N1CCC2CCCCC2C1. The molecule has 0 spiro atoms. The Morgan fingerprint density at radius 2 is 1.65 bits per heavy atom. The standard InChI is InChI=1S/C12H20F2N2O5S2/c1-22(18,19)15-23(20,21)12(13,14)11(17)16-7-6-9-4-2-3-5-10(9)8-16/h9-10,15H,2-8H2,1H3. The van der Waals surface area contributed by atoms with Crippen LogP contribution in [0.1, 0.15) is 32.1 Å². The molecule has 0 radical (unpaired) electrons. The summed E-state index contributed by atoms with van der Waals surface area (Å²) in [6.45, 7) is 0.150. The summed E-state index contributed by atoms with van der Waals surface area (Å²) in [5.41, 5.74) is 0. The van der Waals surface area contributed by atoms with Crippen LogP contribution >= 0.6 is 0 Å². The van der Waals surface area contributed by atoms with E-state index in [1.54, 1.807) is 0 Å². The van der Waals surface area contributed by atoms with Crippen molar-refractivity contribution in [1.82, 2.24) is 9.03 Å². The van der Waals surface area contributed by atoms with Crippen LogP contribution in [0.25, 0.3) is 0 Å². The van der Waals surface area contributed by atoms with Crippen molar-refractivity contribution >= 4 is 26.0 Å². The van der Waals surface area contributed by atoms with Crippen LogP contribution < -0.4 is 4.13 Å². The lowest BCUT2D eigenvalue weighted by molar-refractivity contribution is -0.150. The van der Waals surface area contributed by atoms with E-state index in [1.165, 1.54) is 0 Å². The zero-order valence-corrected chi connectivity index (χ0v) is 14.3. The maximum Gasteiger partial charge on any atom is 0.436 e. The second-order valence-corrected chi connectivity index (χ2v) is 9.95. The Balaban J connectivity index is 2.15. The quantitative estimate of drug-likeness (QED) is 0.772. The van der Waals surface area contributed by atoms with Gasteiger partial charge in [0, 0.05) is 13.1 Å². The monoisotopic (exact) mass is 374 g/mol. The third-order valence-corrected chi connectivity index (χ3v) is 7.36. The Morgan fingerprint density at radius 3 is 2.22 bits per heavy atom. The van der Waals surface area contributed by atoms with E-state index in [-0.39, 0.29) is 19.0 Å². The third-order valence-electron chi connectivity index (χ3n) is 4.43. The zero-order valence-electron chi connectivity index (χ0n) is 12.7. The van der Waals surface area contributed by atoms with E-state index in [9.17, 15) is 30.4 Å². The first-order valence-corrected chi connectivity index (χ1v) is 10.7. The number of nitrogens with zero attached hydrogens (tertiary/aromatic N) is 1. The van der Waals surface area contributed by atoms with E-state index < -0.39 is 31.2 Å². The molecule has 1 aliphatic carbocycles. The molecule has 23 heavy (non-hydrogen) atoms. The number of sulfonamides is 2. The number of carbonyl (C=O) groups is 1. The van der Waals surface area contributed by atoms with Crippen molar-refractivity contribution in [1.29, 1.82) is 0 Å². The van der Waals surface area contributed by atoms with E-state index in [4.69, 9.17) is 0 Å². The van der Waals surface area contributed by atoms with Crippen molar-refractivity contribution in [2.75, 3.05) is 19.3 Å². The lowest BCUT2D eigenvalue weighted by Crippen LogP contribution is -2.56. The lowest BCUT2D eigenvalue weighted by Gasteiger charge is -2.41. The van der Waals surface area contributed by atoms with Gasteiger partial charge in [-0.25, -0.2) is 16.8 Å². The number of hydrogen-bond donors (Lipinski definition) is 1. The summed E-state index contributed by atoms with van der Waals surface area (Å²) in [4.78, 5) is 12.8. The molecule has 1 saturated heterocycles. The Hall–Kier alpha value is -0.810. The van der Waals surface area contributed by atoms with Crippen LogP contribution in [0.5, 0.6) is 0 Å². The maximum atomic E-state index is 14.0. The van der Waals surface area contributed by atoms with Gasteiger partial charge < -0.3 is 4.90 Å². The van der Waals surface area contributed by atoms with Gasteiger partial charge in [0.05, 0.1) is 6.26 Å². The zero-order chi connectivity index (χ0) is 17.5. The number of amides is 1. The minimum atomic E-state index is -5.66. The molecular weight excluding hydrogens is 354 g/mol. The molecule has 0 aromatic rings. The Labute approximate surface area is 134 Å². The van der Waals surface area contributed by atoms with E-state index in [0.29, 0.717) is 18.6 Å². The van der Waals surface area contributed by atoms with Gasteiger partial charge >= 0.3 is 11.2 Å². The van der Waals surface area contributed by atoms with Crippen LogP contribution in [-0.2, 0) is 24.8 Å². The number of rotatable bonds is 4. The molecule has 1 heterocycles. The first-order valence-electron chi connectivity index (χ1n) is 7.34. The van der Waals surface area contributed by atoms with Gasteiger partial charge in [0.15, 0.2) is 0 Å². The number of halogens is 2. The molecule has 2 atom stereocenters. The molecule has 0 bridgehead atoms. The molecule has 1 saturated carbocycles. The number of alkyl halides is 2. The Morgan fingerprint density at radius 1 is 1.09 bits per heavy atom. The van der Waals surface area contributed by atoms with Crippen LogP contribution in [0.3, 0.4) is 0 Å². The molecular formula is C12H20F2N2O5S2. The minimum Gasteiger partial charge on any atom is -0.336 e. The number of piperidine rings is 1. The molecule has 2 aliphatic rings. The molecule has 1 aliphatic heterocycles. The van der Waals surface area contributed by atoms with E-state index in [0.717, 1.165) is 34.7 Å². The summed E-state index contributed by atoms with van der Waals surface area (Å²) in [6.07, 6.45) is 4.86. The fourth-order valence-corrected chi connectivity index (χ4v) is 5.71. The fourth-order valence-electron chi connectivity index (χ4n) is 3.34. The van der Waals surface area contributed by atoms with Crippen molar-refractivity contribution < 1.29 is 30.4 Å². The molecule has 134 valence electrons. The molecule has 2 unspecified atom stereocenters. The fraction of sp³-hybridized carbons (Fsp3) is 0.917. The summed E-state index contributed by atoms with van der Waals surface area (Å²) in [7, 11) is -10.1. The van der Waals surface area contributed by atoms with E-state index >= 15 is 0 Å². The smallest absolute Gasteiger partial charge is 0.336 e. The van der Waals surface area contributed by atoms with Crippen molar-refractivity contribution in [3.05, 3.63) is 0 Å². The summed E-state index contributed by atoms with van der Waals surface area (Å²) in [5, 5.41) is -4.82. The molecule has 1 amide bonds. The van der Waals surface area contributed by atoms with Gasteiger partial charge in [-0.15, -0.1) is 4.13 Å². The van der Waals surface area contributed by atoms with Crippen LogP contribution in [0.2, 0.25) is 0 Å². The normalized spacial score (nSPS) is 26.7. The molecule has 7 nitrogen and oxygen atoms in total. The summed E-state index contributed by atoms with van der Waals surface area (Å²) >= 11 is 0. The molecule has 0 aromatic heterocycles. The van der Waals surface area contributed by atoms with Crippen LogP contribution in [0, 0.1) is 11.8 Å². The number of hydrogen-bond acceptors (Lipinski definition) is 5. The van der Waals surface area contributed by atoms with Crippen molar-refractivity contribution in [3.8, 4) is 0 Å². The number of nitrogens with one attached hydrogen (secondary N) is 1. The number of carbonyl (C=O) groups excluding carboxylic acids is 1. The molecule has 11 heteroatoms. The predicted octanol–water partition coefficient (Wildman–Crippen LogP) is 0.497. The maximum absolute atomic E-state index is 14.0. The van der Waals surface area contributed by atoms with Crippen molar-refractivity contribution in [3.63, 3.8) is 0 Å². The highest BCUT2D eigenvalue weighted by Gasteiger charge is 2.56. The molecule has 0 aromatic carbocycles. The summed E-state index contributed by atoms with van der Waals surface area (Å²) < 4.78 is 73.9. The topological polar surface area (TPSA) is 101 Å². The molecule has 2 rings (SSSR count). The molecule has 1 N–H and O–H groups in total. The lowest BCUT2D eigenvalue weighted by atomic mass is 9.75. The average Bonchev–Trinajstić information content (AvgIpc) is 2.43. The highest BCUT2D eigenvalue weighted by atomic mass is 32.3. The predicted molar refractivity (Wildman–Crippen MR) is 78.5 cm³/mol. The highest BCUT2D eigenvalue weighted by molar-refractivity contribution is 8.05. The third kappa shape index (κ3) is 4.00. The minimum absolute atomic E-state index is 0.0595. The average molecular weight is 374 g/mol. The second-order valence-electron chi connectivity index (χ2n) is 6.22. The first kappa shape index (κ1) is 18.5. The van der Waals surface area contributed by atoms with Crippen LogP contribution in [-0.4, -0.2) is 52.2 Å². The highest BCUT2D eigenvalue weighted by Crippen LogP contribution is 2.37. The van der Waals surface area contributed by atoms with Gasteiger partial charge in [0.1, 0.15) is 0 Å². The van der Waals surface area contributed by atoms with Gasteiger partial charge in [-0.2, -0.15) is 8.78 Å². The largest absolute Gasteiger partial charge is 0.436 e. The van der Waals surface area contributed by atoms with Gasteiger partial charge in [-0.3, -0.25) is 4.79 Å². The Bertz CT molecular complexity index is 678. The van der Waals surface area contributed by atoms with E-state index in [1.807, 2.05) is 0 Å².